The van der Waals surface area contributed by atoms with Crippen LogP contribution in [0.3, 0.4) is 0 Å². The van der Waals surface area contributed by atoms with Crippen molar-refractivity contribution in [1.82, 2.24) is 0 Å². The van der Waals surface area contributed by atoms with Gasteiger partial charge in [0, 0.05) is 0 Å². The lowest BCUT2D eigenvalue weighted by Crippen LogP contribution is -2.18. The van der Waals surface area contributed by atoms with Gasteiger partial charge in [-0.3, -0.25) is 0 Å². The van der Waals surface area contributed by atoms with E-state index < -0.39 is 12.1 Å². The van der Waals surface area contributed by atoms with E-state index in [-0.39, 0.29) is 11.5 Å². The molecular weight excluding hydrogens is 565 g/mol. The van der Waals surface area contributed by atoms with E-state index in [1.54, 1.807) is 14.0 Å². The molecule has 4 aromatic rings. The van der Waals surface area contributed by atoms with Crippen molar-refractivity contribution in [3.8, 4) is 23.0 Å². The van der Waals surface area contributed by atoms with Crippen LogP contribution in [-0.4, -0.2) is 27.7 Å². The maximum absolute atomic E-state index is 12.1. The zero-order valence-electron chi connectivity index (χ0n) is 27.8. The van der Waals surface area contributed by atoms with Gasteiger partial charge in [-0.05, 0) is 64.4 Å². The third-order valence-corrected chi connectivity index (χ3v) is 5.74. The summed E-state index contributed by atoms with van der Waals surface area (Å²) in [5, 5.41) is 0. The van der Waals surface area contributed by atoms with Gasteiger partial charge in [0.05, 0.1) is 21.3 Å². The number of rotatable bonds is 5. The summed E-state index contributed by atoms with van der Waals surface area (Å²) in [6.45, 7) is 14.4. The number of halogens is 3. The molecule has 0 aliphatic rings. The maximum Gasteiger partial charge on any atom is 0.573 e. The van der Waals surface area contributed by atoms with Crippen molar-refractivity contribution in [3.63, 3.8) is 0 Å². The van der Waals surface area contributed by atoms with Crippen LogP contribution in [-0.2, 0) is 0 Å². The Hall–Kier alpha value is -4.13. The van der Waals surface area contributed by atoms with E-state index in [1.807, 2.05) is 42.5 Å². The minimum atomic E-state index is -4.78. The summed E-state index contributed by atoms with van der Waals surface area (Å²) >= 11 is 0. The first-order valence-corrected chi connectivity index (χ1v) is 14.4. The molecule has 0 aromatic heterocycles. The van der Waals surface area contributed by atoms with Gasteiger partial charge in [0.1, 0.15) is 5.75 Å². The maximum atomic E-state index is 12.1. The Balaban J connectivity index is 0.000000565. The SMILES string of the molecule is CCCC.COc1cc(C)cc(OC)c1OC(F)(F)F.COc1ccc(C)cc1.Cc1ccc(C)cc1.Cc1ccccc1. The number of unbranched alkanes of at least 4 members (excludes halogenated alkanes) is 1. The highest BCUT2D eigenvalue weighted by Gasteiger charge is 2.34. The van der Waals surface area contributed by atoms with Crippen molar-refractivity contribution < 1.29 is 32.1 Å². The van der Waals surface area contributed by atoms with Gasteiger partial charge in [-0.2, -0.15) is 0 Å². The minimum absolute atomic E-state index is 0.0193. The van der Waals surface area contributed by atoms with Crippen LogP contribution < -0.4 is 18.9 Å². The standard InChI is InChI=1S/C10H11F3O3.C8H10O.C8H10.C7H8.C4H10/c1-6-4-7(14-2)9(8(5-6)15-3)16-10(11,12)13;1-7-3-5-8(9-2)6-4-7;1-7-3-5-8(2)6-4-7;1-7-5-3-2-4-6-7;1-3-4-2/h4-5H,1-3H3;3-6H,1-2H3;3-6H,1-2H3;2-6H,1H3;3-4H2,1-2H3. The second kappa shape index (κ2) is 22.4. The Morgan fingerprint density at radius 3 is 1.14 bits per heavy atom. The lowest BCUT2D eigenvalue weighted by molar-refractivity contribution is -0.275. The van der Waals surface area contributed by atoms with Gasteiger partial charge < -0.3 is 18.9 Å². The molecule has 0 aliphatic heterocycles. The predicted molar refractivity (Wildman–Crippen MR) is 176 cm³/mol. The van der Waals surface area contributed by atoms with Crippen LogP contribution in [0.4, 0.5) is 13.2 Å². The average Bonchev–Trinajstić information content (AvgIpc) is 3.00. The molecule has 0 N–H and O–H groups in total. The van der Waals surface area contributed by atoms with Crippen LogP contribution in [0.5, 0.6) is 23.0 Å². The first-order valence-electron chi connectivity index (χ1n) is 14.4. The summed E-state index contributed by atoms with van der Waals surface area (Å²) in [4.78, 5) is 0. The van der Waals surface area contributed by atoms with Crippen molar-refractivity contribution in [2.45, 2.75) is 67.7 Å². The molecule has 4 rings (SSSR count). The summed E-state index contributed by atoms with van der Waals surface area (Å²) in [5.74, 6) is 0.409. The van der Waals surface area contributed by atoms with Gasteiger partial charge in [-0.25, -0.2) is 0 Å². The van der Waals surface area contributed by atoms with Gasteiger partial charge in [0.15, 0.2) is 11.5 Å². The van der Waals surface area contributed by atoms with Crippen LogP contribution in [0, 0.1) is 34.6 Å². The second-order valence-electron chi connectivity index (χ2n) is 9.87. The van der Waals surface area contributed by atoms with E-state index >= 15 is 0 Å². The molecule has 0 unspecified atom stereocenters. The average molecular weight is 615 g/mol. The van der Waals surface area contributed by atoms with Gasteiger partial charge in [-0.1, -0.05) is 116 Å². The molecule has 0 radical (unpaired) electrons. The smallest absolute Gasteiger partial charge is 0.497 e. The monoisotopic (exact) mass is 614 g/mol. The molecule has 0 spiro atoms. The molecule has 0 amide bonds. The highest BCUT2D eigenvalue weighted by atomic mass is 19.4. The van der Waals surface area contributed by atoms with Crippen LogP contribution in [0.15, 0.2) is 91.0 Å². The van der Waals surface area contributed by atoms with Crippen LogP contribution in [0.1, 0.15) is 54.5 Å². The summed E-state index contributed by atoms with van der Waals surface area (Å²) < 4.78 is 54.9. The van der Waals surface area contributed by atoms with Gasteiger partial charge >= 0.3 is 6.36 Å². The Labute approximate surface area is 262 Å². The summed E-state index contributed by atoms with van der Waals surface area (Å²) in [6, 6.07) is 29.6. The van der Waals surface area contributed by atoms with E-state index in [2.05, 4.69) is 82.7 Å². The molecule has 0 saturated heterocycles. The topological polar surface area (TPSA) is 36.9 Å². The first kappa shape index (κ1) is 39.9. The van der Waals surface area contributed by atoms with Crippen molar-refractivity contribution in [2.75, 3.05) is 21.3 Å². The number of aryl methyl sites for hydroxylation is 5. The number of hydrogen-bond acceptors (Lipinski definition) is 4. The van der Waals surface area contributed by atoms with Crippen molar-refractivity contribution >= 4 is 0 Å². The molecule has 242 valence electrons. The Morgan fingerprint density at radius 1 is 0.500 bits per heavy atom. The fourth-order valence-corrected chi connectivity index (χ4v) is 3.07. The van der Waals surface area contributed by atoms with Crippen LogP contribution in [0.25, 0.3) is 0 Å². The normalized spacial score (nSPS) is 9.66. The minimum Gasteiger partial charge on any atom is -0.497 e. The van der Waals surface area contributed by atoms with Crippen LogP contribution in [0.2, 0.25) is 0 Å². The molecule has 0 fully saturated rings. The molecule has 0 atom stereocenters. The lowest BCUT2D eigenvalue weighted by Gasteiger charge is -2.16. The summed E-state index contributed by atoms with van der Waals surface area (Å²) in [6.07, 6.45) is -2.14. The quantitative estimate of drug-likeness (QED) is 0.224. The zero-order chi connectivity index (χ0) is 33.5. The highest BCUT2D eigenvalue weighted by Crippen LogP contribution is 2.41. The van der Waals surface area contributed by atoms with E-state index in [0.29, 0.717) is 5.56 Å². The molecule has 0 saturated carbocycles. The number of alkyl halides is 3. The Morgan fingerprint density at radius 2 is 0.864 bits per heavy atom. The second-order valence-corrected chi connectivity index (χ2v) is 9.87. The fraction of sp³-hybridized carbons (Fsp3) is 0.351. The van der Waals surface area contributed by atoms with Gasteiger partial charge in [0.25, 0.3) is 0 Å². The molecule has 0 aliphatic carbocycles. The first-order chi connectivity index (χ1) is 20.8. The lowest BCUT2D eigenvalue weighted by atomic mass is 10.2. The van der Waals surface area contributed by atoms with Gasteiger partial charge in [-0.15, -0.1) is 13.2 Å². The van der Waals surface area contributed by atoms with E-state index in [4.69, 9.17) is 14.2 Å². The van der Waals surface area contributed by atoms with E-state index in [0.717, 1.165) is 5.75 Å². The van der Waals surface area contributed by atoms with Crippen molar-refractivity contribution in [2.24, 2.45) is 0 Å². The number of methoxy groups -OCH3 is 3. The number of ether oxygens (including phenoxy) is 4. The molecule has 0 bridgehead atoms. The molecule has 0 heterocycles. The van der Waals surface area contributed by atoms with Crippen molar-refractivity contribution in [3.05, 3.63) is 119 Å². The zero-order valence-corrected chi connectivity index (χ0v) is 27.8. The molecule has 7 heteroatoms. The summed E-state index contributed by atoms with van der Waals surface area (Å²) in [5.41, 5.74) is 5.95. The van der Waals surface area contributed by atoms with Gasteiger partial charge in [0.2, 0.25) is 5.75 Å². The fourth-order valence-electron chi connectivity index (χ4n) is 3.07. The molecular formula is C37H49F3O4. The van der Waals surface area contributed by atoms with Crippen molar-refractivity contribution in [1.29, 1.82) is 0 Å². The summed E-state index contributed by atoms with van der Waals surface area (Å²) in [7, 11) is 4.19. The molecule has 44 heavy (non-hydrogen) atoms. The number of benzene rings is 4. The molecule has 4 aromatic carbocycles. The Bertz CT molecular complexity index is 1220. The highest BCUT2D eigenvalue weighted by molar-refractivity contribution is 5.53. The predicted octanol–water partition coefficient (Wildman–Crippen LogP) is 11.0. The third-order valence-electron chi connectivity index (χ3n) is 5.74. The third kappa shape index (κ3) is 19.1. The largest absolute Gasteiger partial charge is 0.573 e. The number of hydrogen-bond donors (Lipinski definition) is 0. The Kier molecular flexibility index (Phi) is 20.3. The van der Waals surface area contributed by atoms with E-state index in [1.165, 1.54) is 61.4 Å². The molecule has 4 nitrogen and oxygen atoms in total. The van der Waals surface area contributed by atoms with E-state index in [9.17, 15) is 13.2 Å². The van der Waals surface area contributed by atoms with Crippen LogP contribution >= 0.6 is 0 Å².